The van der Waals surface area contributed by atoms with Gasteiger partial charge < -0.3 is 0 Å². The van der Waals surface area contributed by atoms with Gasteiger partial charge >= 0.3 is 0 Å². The Kier molecular flexibility index (Phi) is 9.89. The minimum atomic E-state index is 0.168. The summed E-state index contributed by atoms with van der Waals surface area (Å²) >= 11 is 0. The maximum atomic E-state index is 2.65. The van der Waals surface area contributed by atoms with E-state index < -0.39 is 0 Å². The highest BCUT2D eigenvalue weighted by Crippen LogP contribution is 2.66. The third-order valence-electron chi connectivity index (χ3n) is 10.1. The lowest BCUT2D eigenvalue weighted by Gasteiger charge is -2.48. The van der Waals surface area contributed by atoms with Crippen molar-refractivity contribution in [3.05, 3.63) is 24.3 Å². The van der Waals surface area contributed by atoms with E-state index in [2.05, 4.69) is 24.3 Å². The summed E-state index contributed by atoms with van der Waals surface area (Å²) in [6.45, 7) is 0. The average molecular weight is 487 g/mol. The maximum Gasteiger partial charge on any atom is 0.00239 e. The summed E-state index contributed by atoms with van der Waals surface area (Å²) in [6, 6.07) is 0. The molecule has 0 aromatic carbocycles. The molecule has 0 radical (unpaired) electrons. The van der Waals surface area contributed by atoms with E-state index in [-0.39, 0.29) is 15.8 Å². The zero-order valence-electron chi connectivity index (χ0n) is 21.5. The van der Waals surface area contributed by atoms with Crippen molar-refractivity contribution >= 4 is 15.8 Å². The van der Waals surface area contributed by atoms with Crippen molar-refractivity contribution < 1.29 is 0 Å². The number of allylic oxidation sites excluding steroid dienone is 4. The molecule has 4 saturated carbocycles. The van der Waals surface area contributed by atoms with E-state index in [1.807, 2.05) is 0 Å². The topological polar surface area (TPSA) is 0 Å². The maximum absolute atomic E-state index is 2.65. The Morgan fingerprint density at radius 1 is 0.485 bits per heavy atom. The predicted octanol–water partition coefficient (Wildman–Crippen LogP) is 10.4. The molecule has 2 heteroatoms. The van der Waals surface area contributed by atoms with Crippen LogP contribution in [0.25, 0.3) is 0 Å². The summed E-state index contributed by atoms with van der Waals surface area (Å²) in [4.78, 5) is 0. The van der Waals surface area contributed by atoms with Gasteiger partial charge in [0.25, 0.3) is 0 Å². The minimum Gasteiger partial charge on any atom is -0.0997 e. The van der Waals surface area contributed by atoms with Crippen LogP contribution in [0.3, 0.4) is 0 Å². The minimum absolute atomic E-state index is 0.168. The standard InChI is InChI=1S/C31H52P2/c1-5-17-27(18-6-1)32(28-19-7-2-8-20-28)25-31(26-15-13-14-16-26)33(29-21-9-3-10-22-29)30-23-11-4-12-24-30/h13-16,26-31H,1-12,17-25H2. The van der Waals surface area contributed by atoms with Crippen LogP contribution in [0.1, 0.15) is 128 Å². The molecule has 0 heterocycles. The Morgan fingerprint density at radius 3 is 1.24 bits per heavy atom. The van der Waals surface area contributed by atoms with Crippen LogP contribution in [-0.4, -0.2) is 34.5 Å². The van der Waals surface area contributed by atoms with Crippen molar-refractivity contribution in [1.29, 1.82) is 0 Å². The van der Waals surface area contributed by atoms with Gasteiger partial charge in [0.2, 0.25) is 0 Å². The number of hydrogen-bond donors (Lipinski definition) is 0. The molecule has 5 aliphatic carbocycles. The molecule has 0 bridgehead atoms. The van der Waals surface area contributed by atoms with Crippen LogP contribution in [0.15, 0.2) is 24.3 Å². The molecule has 0 aliphatic heterocycles. The lowest BCUT2D eigenvalue weighted by molar-refractivity contribution is 0.476. The Bertz CT molecular complexity index is 567. The third-order valence-corrected chi connectivity index (χ3v) is 18.1. The van der Waals surface area contributed by atoms with E-state index in [9.17, 15) is 0 Å². The second-order valence-corrected chi connectivity index (χ2v) is 18.1. The van der Waals surface area contributed by atoms with Gasteiger partial charge in [-0.2, -0.15) is 0 Å². The van der Waals surface area contributed by atoms with Crippen molar-refractivity contribution in [3.63, 3.8) is 0 Å². The Morgan fingerprint density at radius 2 is 0.848 bits per heavy atom. The fourth-order valence-electron chi connectivity index (χ4n) is 8.36. The van der Waals surface area contributed by atoms with E-state index >= 15 is 0 Å². The molecule has 33 heavy (non-hydrogen) atoms. The Hall–Kier alpha value is 0.340. The van der Waals surface area contributed by atoms with Crippen LogP contribution < -0.4 is 0 Å². The zero-order chi connectivity index (χ0) is 22.3. The molecule has 0 nitrogen and oxygen atoms in total. The molecular formula is C31H52P2. The van der Waals surface area contributed by atoms with Crippen molar-refractivity contribution in [2.45, 2.75) is 157 Å². The Balaban J connectivity index is 1.43. The molecule has 1 unspecified atom stereocenters. The molecule has 5 rings (SSSR count). The van der Waals surface area contributed by atoms with Gasteiger partial charge in [-0.25, -0.2) is 0 Å². The van der Waals surface area contributed by atoms with Gasteiger partial charge in [0, 0.05) is 5.92 Å². The summed E-state index contributed by atoms with van der Waals surface area (Å²) in [5, 5.41) is 0. The summed E-state index contributed by atoms with van der Waals surface area (Å²) in [6.07, 6.45) is 43.0. The van der Waals surface area contributed by atoms with E-state index in [0.29, 0.717) is 0 Å². The van der Waals surface area contributed by atoms with Crippen LogP contribution in [0.4, 0.5) is 0 Å². The van der Waals surface area contributed by atoms with Gasteiger partial charge in [-0.05, 0) is 85.8 Å². The normalized spacial score (nSPS) is 28.3. The van der Waals surface area contributed by atoms with Crippen LogP contribution in [0, 0.1) is 5.92 Å². The monoisotopic (exact) mass is 486 g/mol. The second-order valence-electron chi connectivity index (χ2n) is 12.2. The third kappa shape index (κ3) is 6.56. The SMILES string of the molecule is C1=CC(C(CP(C2CCCCC2)C2CCCCC2)P(C2CCCCC2)C2CCCCC2)C=C1. The van der Waals surface area contributed by atoms with Crippen molar-refractivity contribution in [2.24, 2.45) is 5.92 Å². The molecule has 0 N–H and O–H groups in total. The van der Waals surface area contributed by atoms with E-state index in [1.54, 1.807) is 109 Å². The van der Waals surface area contributed by atoms with Gasteiger partial charge in [0.05, 0.1) is 0 Å². The van der Waals surface area contributed by atoms with Crippen LogP contribution in [-0.2, 0) is 0 Å². The summed E-state index contributed by atoms with van der Waals surface area (Å²) in [5.74, 6) is 0.789. The molecule has 4 fully saturated rings. The van der Waals surface area contributed by atoms with E-state index in [1.165, 1.54) is 25.7 Å². The molecule has 0 aromatic rings. The van der Waals surface area contributed by atoms with Gasteiger partial charge in [0.1, 0.15) is 0 Å². The second kappa shape index (κ2) is 13.0. The fourth-order valence-corrected chi connectivity index (χ4v) is 17.8. The quantitative estimate of drug-likeness (QED) is 0.299. The van der Waals surface area contributed by atoms with Crippen LogP contribution in [0.5, 0.6) is 0 Å². The molecule has 1 atom stereocenters. The number of rotatable bonds is 8. The molecule has 0 aromatic heterocycles. The summed E-state index contributed by atoms with van der Waals surface area (Å²) < 4.78 is 0. The highest BCUT2D eigenvalue weighted by atomic mass is 31.1. The van der Waals surface area contributed by atoms with E-state index in [0.717, 1.165) is 34.2 Å². The first-order valence-corrected chi connectivity index (χ1v) is 18.5. The smallest absolute Gasteiger partial charge is 0.00239 e. The highest BCUT2D eigenvalue weighted by Gasteiger charge is 2.42. The van der Waals surface area contributed by atoms with Crippen LogP contribution >= 0.6 is 15.8 Å². The Labute approximate surface area is 208 Å². The predicted molar refractivity (Wildman–Crippen MR) is 152 cm³/mol. The lowest BCUT2D eigenvalue weighted by atomic mass is 9.99. The fraction of sp³-hybridized carbons (Fsp3) is 0.871. The molecule has 0 spiro atoms. The molecule has 0 amide bonds. The summed E-state index contributed by atoms with van der Waals surface area (Å²) in [5.41, 5.74) is 5.50. The summed E-state index contributed by atoms with van der Waals surface area (Å²) in [7, 11) is 0.389. The highest BCUT2D eigenvalue weighted by molar-refractivity contribution is 7.63. The van der Waals surface area contributed by atoms with Crippen molar-refractivity contribution in [2.75, 3.05) is 6.16 Å². The first kappa shape index (κ1) is 25.0. The van der Waals surface area contributed by atoms with Gasteiger partial charge in [0.15, 0.2) is 0 Å². The van der Waals surface area contributed by atoms with Gasteiger partial charge in [-0.1, -0.05) is 117 Å². The molecular weight excluding hydrogens is 434 g/mol. The average Bonchev–Trinajstić information content (AvgIpc) is 3.43. The lowest BCUT2D eigenvalue weighted by Crippen LogP contribution is -2.34. The van der Waals surface area contributed by atoms with Crippen molar-refractivity contribution in [1.82, 2.24) is 0 Å². The van der Waals surface area contributed by atoms with Gasteiger partial charge in [-0.15, -0.1) is 0 Å². The zero-order valence-corrected chi connectivity index (χ0v) is 23.3. The van der Waals surface area contributed by atoms with Gasteiger partial charge in [-0.3, -0.25) is 0 Å². The largest absolute Gasteiger partial charge is 0.0997 e. The first-order chi connectivity index (χ1) is 16.4. The first-order valence-electron chi connectivity index (χ1n) is 15.3. The number of hydrogen-bond acceptors (Lipinski definition) is 0. The van der Waals surface area contributed by atoms with E-state index in [4.69, 9.17) is 0 Å². The molecule has 5 aliphatic rings. The van der Waals surface area contributed by atoms with Crippen molar-refractivity contribution in [3.8, 4) is 0 Å². The molecule has 0 saturated heterocycles. The van der Waals surface area contributed by atoms with Crippen LogP contribution in [0.2, 0.25) is 0 Å². The molecule has 186 valence electrons.